The van der Waals surface area contributed by atoms with E-state index in [1.165, 1.54) is 0 Å². The van der Waals surface area contributed by atoms with E-state index in [4.69, 9.17) is 16.0 Å². The van der Waals surface area contributed by atoms with Gasteiger partial charge in [-0.25, -0.2) is 0 Å². The largest absolute Gasteiger partial charge is 0.409 e. The van der Waals surface area contributed by atoms with E-state index in [1.54, 1.807) is 0 Å². The molecule has 1 aliphatic rings. The number of nitrogens with zero attached hydrogens (tertiary/aromatic N) is 3. The quantitative estimate of drug-likeness (QED) is 0.199. The van der Waals surface area contributed by atoms with E-state index in [2.05, 4.69) is 15.0 Å². The molecule has 0 aliphatic carbocycles. The lowest BCUT2D eigenvalue weighted by atomic mass is 9.86. The molecule has 1 fully saturated rings. The average molecular weight is 286 g/mol. The first-order chi connectivity index (χ1) is 9.49. The van der Waals surface area contributed by atoms with Gasteiger partial charge in [0.1, 0.15) is 5.84 Å². The Morgan fingerprint density at radius 3 is 2.15 bits per heavy atom. The minimum Gasteiger partial charge on any atom is -0.409 e. The average Bonchev–Trinajstić information content (AvgIpc) is 2.44. The predicted molar refractivity (Wildman–Crippen MR) is 81.0 cm³/mol. The summed E-state index contributed by atoms with van der Waals surface area (Å²) < 4.78 is 0. The van der Waals surface area contributed by atoms with Crippen molar-refractivity contribution < 1.29 is 10.3 Å². The van der Waals surface area contributed by atoms with E-state index >= 15 is 0 Å². The van der Waals surface area contributed by atoms with Gasteiger partial charge in [-0.15, -0.1) is 0 Å². The second-order valence-corrected chi connectivity index (χ2v) is 6.23. The molecule has 4 N–H and O–H groups in total. The summed E-state index contributed by atoms with van der Waals surface area (Å²) in [6, 6.07) is 0. The lowest BCUT2D eigenvalue weighted by Crippen LogP contribution is -2.47. The standard InChI is InChI=1S/C14H30N4O2/c1-14(2,13(15)16-20)5-3-4-6-17-7-9-18(10-8-17)11-12-19/h19-20H,3-12H2,1-2H3,(H2,15,16). The highest BCUT2D eigenvalue weighted by atomic mass is 16.4. The van der Waals surface area contributed by atoms with Crippen molar-refractivity contribution in [1.29, 1.82) is 0 Å². The molecular weight excluding hydrogens is 256 g/mol. The minimum absolute atomic E-state index is 0.228. The zero-order chi connectivity index (χ0) is 15.0. The van der Waals surface area contributed by atoms with Crippen LogP contribution in [0.1, 0.15) is 33.1 Å². The van der Waals surface area contributed by atoms with E-state index in [0.717, 1.165) is 58.5 Å². The summed E-state index contributed by atoms with van der Waals surface area (Å²) in [5.74, 6) is 0.315. The Bertz CT molecular complexity index is 300. The van der Waals surface area contributed by atoms with Crippen LogP contribution in [0, 0.1) is 5.41 Å². The molecule has 1 aliphatic heterocycles. The van der Waals surface area contributed by atoms with Crippen molar-refractivity contribution in [1.82, 2.24) is 9.80 Å². The van der Waals surface area contributed by atoms with E-state index in [-0.39, 0.29) is 12.0 Å². The van der Waals surface area contributed by atoms with E-state index in [1.807, 2.05) is 13.8 Å². The number of hydrogen-bond donors (Lipinski definition) is 3. The van der Waals surface area contributed by atoms with Gasteiger partial charge < -0.3 is 20.9 Å². The molecule has 0 saturated carbocycles. The fourth-order valence-corrected chi connectivity index (χ4v) is 2.54. The van der Waals surface area contributed by atoms with Crippen LogP contribution in [0.3, 0.4) is 0 Å². The van der Waals surface area contributed by atoms with Gasteiger partial charge in [0.05, 0.1) is 6.61 Å². The van der Waals surface area contributed by atoms with Crippen LogP contribution in [0.15, 0.2) is 5.16 Å². The number of β-amino-alcohol motifs (C(OH)–C–C–N with tert-alkyl or cyclic N) is 1. The molecule has 0 unspecified atom stereocenters. The predicted octanol–water partition coefficient (Wildman–Crippen LogP) is 0.539. The minimum atomic E-state index is -0.228. The maximum Gasteiger partial charge on any atom is 0.144 e. The molecule has 0 aromatic carbocycles. The summed E-state index contributed by atoms with van der Waals surface area (Å²) in [4.78, 5) is 4.78. The molecular formula is C14H30N4O2. The molecule has 0 spiro atoms. The van der Waals surface area contributed by atoms with Crippen LogP contribution in [-0.2, 0) is 0 Å². The SMILES string of the molecule is CC(C)(CCCCN1CCN(CCO)CC1)C(N)=NO. The molecule has 0 radical (unpaired) electrons. The summed E-state index contributed by atoms with van der Waals surface area (Å²) >= 11 is 0. The first-order valence-corrected chi connectivity index (χ1v) is 7.53. The number of amidine groups is 1. The van der Waals surface area contributed by atoms with Crippen molar-refractivity contribution in [3.05, 3.63) is 0 Å². The molecule has 1 saturated heterocycles. The fraction of sp³-hybridized carbons (Fsp3) is 0.929. The number of aliphatic hydroxyl groups is 1. The highest BCUT2D eigenvalue weighted by molar-refractivity contribution is 5.85. The zero-order valence-electron chi connectivity index (χ0n) is 12.9. The summed E-state index contributed by atoms with van der Waals surface area (Å²) in [5, 5.41) is 20.8. The number of rotatable bonds is 8. The van der Waals surface area contributed by atoms with Crippen molar-refractivity contribution in [2.75, 3.05) is 45.9 Å². The normalized spacial score (nSPS) is 19.4. The second-order valence-electron chi connectivity index (χ2n) is 6.23. The van der Waals surface area contributed by atoms with Gasteiger partial charge in [-0.1, -0.05) is 25.4 Å². The van der Waals surface area contributed by atoms with Gasteiger partial charge in [0, 0.05) is 38.1 Å². The van der Waals surface area contributed by atoms with Crippen molar-refractivity contribution in [3.63, 3.8) is 0 Å². The summed E-state index contributed by atoms with van der Waals surface area (Å²) in [6.45, 7) is 10.5. The van der Waals surface area contributed by atoms with Gasteiger partial charge in [-0.3, -0.25) is 4.90 Å². The van der Waals surface area contributed by atoms with Gasteiger partial charge in [-0.2, -0.15) is 0 Å². The Kier molecular flexibility index (Phi) is 7.26. The second kappa shape index (κ2) is 8.44. The summed E-state index contributed by atoms with van der Waals surface area (Å²) in [7, 11) is 0. The Morgan fingerprint density at radius 2 is 1.65 bits per heavy atom. The van der Waals surface area contributed by atoms with Crippen LogP contribution in [0.2, 0.25) is 0 Å². The smallest absolute Gasteiger partial charge is 0.144 e. The molecule has 0 bridgehead atoms. The molecule has 0 aromatic heterocycles. The number of nitrogens with two attached hydrogens (primary N) is 1. The van der Waals surface area contributed by atoms with Gasteiger partial charge >= 0.3 is 0 Å². The van der Waals surface area contributed by atoms with E-state index in [0.29, 0.717) is 5.84 Å². The third kappa shape index (κ3) is 5.64. The highest BCUT2D eigenvalue weighted by Crippen LogP contribution is 2.23. The zero-order valence-corrected chi connectivity index (χ0v) is 12.9. The molecule has 6 heteroatoms. The number of hydrogen-bond acceptors (Lipinski definition) is 5. The fourth-order valence-electron chi connectivity index (χ4n) is 2.54. The van der Waals surface area contributed by atoms with E-state index < -0.39 is 0 Å². The first kappa shape index (κ1) is 17.2. The number of piperazine rings is 1. The maximum atomic E-state index is 8.91. The van der Waals surface area contributed by atoms with Crippen LogP contribution < -0.4 is 5.73 Å². The van der Waals surface area contributed by atoms with E-state index in [9.17, 15) is 0 Å². The van der Waals surface area contributed by atoms with Gasteiger partial charge in [-0.05, 0) is 19.4 Å². The molecule has 0 atom stereocenters. The monoisotopic (exact) mass is 286 g/mol. The molecule has 20 heavy (non-hydrogen) atoms. The Balaban J connectivity index is 2.14. The number of oxime groups is 1. The molecule has 118 valence electrons. The van der Waals surface area contributed by atoms with Crippen molar-refractivity contribution in [2.45, 2.75) is 33.1 Å². The molecule has 0 amide bonds. The summed E-state index contributed by atoms with van der Waals surface area (Å²) in [6.07, 6.45) is 3.16. The lowest BCUT2D eigenvalue weighted by Gasteiger charge is -2.34. The van der Waals surface area contributed by atoms with Crippen molar-refractivity contribution in [2.24, 2.45) is 16.3 Å². The number of unbranched alkanes of at least 4 members (excludes halogenated alkanes) is 1. The third-order valence-corrected chi connectivity index (χ3v) is 4.21. The van der Waals surface area contributed by atoms with Crippen molar-refractivity contribution in [3.8, 4) is 0 Å². The Morgan fingerprint density at radius 1 is 1.10 bits per heavy atom. The maximum absolute atomic E-state index is 8.91. The first-order valence-electron chi connectivity index (χ1n) is 7.53. The molecule has 1 heterocycles. The lowest BCUT2D eigenvalue weighted by molar-refractivity contribution is 0.111. The van der Waals surface area contributed by atoms with Crippen molar-refractivity contribution >= 4 is 5.84 Å². The topological polar surface area (TPSA) is 85.3 Å². The van der Waals surface area contributed by atoms with Gasteiger partial charge in [0.25, 0.3) is 0 Å². The van der Waals surface area contributed by atoms with Crippen LogP contribution in [0.4, 0.5) is 0 Å². The third-order valence-electron chi connectivity index (χ3n) is 4.21. The van der Waals surface area contributed by atoms with Crippen LogP contribution >= 0.6 is 0 Å². The molecule has 1 rings (SSSR count). The Hall–Kier alpha value is -0.850. The van der Waals surface area contributed by atoms with Gasteiger partial charge in [0.15, 0.2) is 0 Å². The number of aliphatic hydroxyl groups excluding tert-OH is 1. The molecule has 0 aromatic rings. The molecule has 6 nitrogen and oxygen atoms in total. The Labute approximate surface area is 122 Å². The van der Waals surface area contributed by atoms with Gasteiger partial charge in [0.2, 0.25) is 0 Å². The van der Waals surface area contributed by atoms with Crippen LogP contribution in [-0.4, -0.2) is 71.8 Å². The van der Waals surface area contributed by atoms with Crippen LogP contribution in [0.5, 0.6) is 0 Å². The highest BCUT2D eigenvalue weighted by Gasteiger charge is 2.23. The summed E-state index contributed by atoms with van der Waals surface area (Å²) in [5.41, 5.74) is 5.46. The van der Waals surface area contributed by atoms with Crippen LogP contribution in [0.25, 0.3) is 0 Å².